The minimum absolute atomic E-state index is 0.221. The van der Waals surface area contributed by atoms with Crippen molar-refractivity contribution in [1.29, 1.82) is 0 Å². The normalized spacial score (nSPS) is 14.5. The number of aromatic nitrogens is 4. The molecule has 0 unspecified atom stereocenters. The summed E-state index contributed by atoms with van der Waals surface area (Å²) in [5, 5.41) is 14.8. The first-order valence-corrected chi connectivity index (χ1v) is 8.33. The Kier molecular flexibility index (Phi) is 4.34. The van der Waals surface area contributed by atoms with E-state index in [0.717, 1.165) is 37.7 Å². The van der Waals surface area contributed by atoms with Crippen molar-refractivity contribution >= 4 is 23.3 Å². The molecule has 3 aromatic rings. The molecule has 1 saturated heterocycles. The van der Waals surface area contributed by atoms with Gasteiger partial charge in [-0.15, -0.1) is 5.10 Å². The summed E-state index contributed by atoms with van der Waals surface area (Å²) in [5.74, 6) is 2.15. The van der Waals surface area contributed by atoms with Gasteiger partial charge in [0, 0.05) is 37.9 Å². The number of hydrogen-bond acceptors (Lipinski definition) is 8. The molecule has 134 valence electrons. The van der Waals surface area contributed by atoms with E-state index in [1.54, 1.807) is 24.4 Å². The van der Waals surface area contributed by atoms with E-state index in [9.17, 15) is 4.39 Å². The molecule has 0 radical (unpaired) electrons. The van der Waals surface area contributed by atoms with Crippen molar-refractivity contribution in [3.05, 3.63) is 48.1 Å². The summed E-state index contributed by atoms with van der Waals surface area (Å²) >= 11 is 0. The third kappa shape index (κ3) is 3.56. The number of aryl methyl sites for hydroxylation is 1. The van der Waals surface area contributed by atoms with Crippen molar-refractivity contribution in [2.45, 2.75) is 6.92 Å². The predicted molar refractivity (Wildman–Crippen MR) is 95.2 cm³/mol. The maximum absolute atomic E-state index is 13.1. The second kappa shape index (κ2) is 6.95. The first kappa shape index (κ1) is 16.2. The summed E-state index contributed by atoms with van der Waals surface area (Å²) in [6.07, 6.45) is 1.65. The average Bonchev–Trinajstić information content (AvgIpc) is 3.07. The molecule has 2 aromatic heterocycles. The molecular weight excluding hydrogens is 337 g/mol. The van der Waals surface area contributed by atoms with E-state index in [0.29, 0.717) is 17.5 Å². The molecule has 0 aliphatic carbocycles. The molecule has 0 bridgehead atoms. The standard InChI is InChI=1S/C17H18FN7O/c1-12-10-15(23-26-12)20-17-21-16(11-19-22-17)25-8-6-24(7-9-25)14-4-2-13(18)3-5-14/h2-5,10-11H,6-9H2,1H3,(H,20,21,22,23). The lowest BCUT2D eigenvalue weighted by atomic mass is 10.2. The van der Waals surface area contributed by atoms with Crippen LogP contribution in [0.15, 0.2) is 41.1 Å². The summed E-state index contributed by atoms with van der Waals surface area (Å²) in [5.41, 5.74) is 1.02. The van der Waals surface area contributed by atoms with Crippen LogP contribution in [0, 0.1) is 12.7 Å². The summed E-state index contributed by atoms with van der Waals surface area (Å²) in [7, 11) is 0. The third-order valence-electron chi connectivity index (χ3n) is 4.21. The van der Waals surface area contributed by atoms with Gasteiger partial charge in [0.25, 0.3) is 0 Å². The number of halogens is 1. The van der Waals surface area contributed by atoms with Crippen LogP contribution in [0.1, 0.15) is 5.76 Å². The van der Waals surface area contributed by atoms with Crippen molar-refractivity contribution in [3.8, 4) is 0 Å². The number of nitrogens with one attached hydrogen (secondary N) is 1. The Morgan fingerprint density at radius 3 is 2.50 bits per heavy atom. The van der Waals surface area contributed by atoms with Crippen LogP contribution in [0.2, 0.25) is 0 Å². The first-order chi connectivity index (χ1) is 12.7. The highest BCUT2D eigenvalue weighted by atomic mass is 19.1. The van der Waals surface area contributed by atoms with Crippen molar-refractivity contribution in [3.63, 3.8) is 0 Å². The summed E-state index contributed by atoms with van der Waals surface area (Å²) in [6, 6.07) is 8.34. The van der Waals surface area contributed by atoms with Crippen LogP contribution < -0.4 is 15.1 Å². The number of nitrogens with zero attached hydrogens (tertiary/aromatic N) is 6. The quantitative estimate of drug-likeness (QED) is 0.764. The Balaban J connectivity index is 1.41. The molecule has 9 heteroatoms. The van der Waals surface area contributed by atoms with E-state index in [1.807, 2.05) is 6.92 Å². The van der Waals surface area contributed by atoms with Gasteiger partial charge in [-0.25, -0.2) is 4.39 Å². The average molecular weight is 355 g/mol. The SMILES string of the molecule is Cc1cc(Nc2nncc(N3CCN(c4ccc(F)cc4)CC3)n2)no1. The lowest BCUT2D eigenvalue weighted by Crippen LogP contribution is -2.46. The van der Waals surface area contributed by atoms with Crippen molar-refractivity contribution in [2.75, 3.05) is 41.3 Å². The topological polar surface area (TPSA) is 83.2 Å². The number of benzene rings is 1. The lowest BCUT2D eigenvalue weighted by Gasteiger charge is -2.36. The monoisotopic (exact) mass is 355 g/mol. The first-order valence-electron chi connectivity index (χ1n) is 8.33. The molecule has 0 spiro atoms. The molecule has 26 heavy (non-hydrogen) atoms. The molecule has 8 nitrogen and oxygen atoms in total. The fourth-order valence-electron chi connectivity index (χ4n) is 2.89. The Labute approximate surface area is 149 Å². The van der Waals surface area contributed by atoms with Gasteiger partial charge in [-0.1, -0.05) is 5.16 Å². The van der Waals surface area contributed by atoms with E-state index in [2.05, 4.69) is 35.5 Å². The van der Waals surface area contributed by atoms with Gasteiger partial charge >= 0.3 is 0 Å². The van der Waals surface area contributed by atoms with Gasteiger partial charge in [-0.2, -0.15) is 10.1 Å². The summed E-state index contributed by atoms with van der Waals surface area (Å²) in [6.45, 7) is 5.03. The highest BCUT2D eigenvalue weighted by Gasteiger charge is 2.19. The molecule has 1 aromatic carbocycles. The summed E-state index contributed by atoms with van der Waals surface area (Å²) < 4.78 is 18.1. The Morgan fingerprint density at radius 2 is 1.81 bits per heavy atom. The number of rotatable bonds is 4. The minimum atomic E-state index is -0.221. The molecule has 1 aliphatic rings. The van der Waals surface area contributed by atoms with E-state index in [-0.39, 0.29) is 5.82 Å². The molecule has 1 aliphatic heterocycles. The van der Waals surface area contributed by atoms with Crippen molar-refractivity contribution < 1.29 is 8.91 Å². The molecule has 0 atom stereocenters. The van der Waals surface area contributed by atoms with E-state index in [4.69, 9.17) is 4.52 Å². The van der Waals surface area contributed by atoms with Gasteiger partial charge in [0.1, 0.15) is 11.6 Å². The van der Waals surface area contributed by atoms with Gasteiger partial charge in [-0.05, 0) is 31.2 Å². The molecule has 1 N–H and O–H groups in total. The summed E-state index contributed by atoms with van der Waals surface area (Å²) in [4.78, 5) is 8.87. The van der Waals surface area contributed by atoms with Gasteiger partial charge < -0.3 is 19.6 Å². The fraction of sp³-hybridized carbons (Fsp3) is 0.294. The smallest absolute Gasteiger partial charge is 0.250 e. The van der Waals surface area contributed by atoms with E-state index < -0.39 is 0 Å². The second-order valence-electron chi connectivity index (χ2n) is 6.04. The van der Waals surface area contributed by atoms with Crippen molar-refractivity contribution in [1.82, 2.24) is 20.3 Å². The van der Waals surface area contributed by atoms with Crippen LogP contribution in [0.4, 0.5) is 27.7 Å². The largest absolute Gasteiger partial charge is 0.368 e. The number of anilines is 4. The van der Waals surface area contributed by atoms with Gasteiger partial charge in [-0.3, -0.25) is 0 Å². The highest BCUT2D eigenvalue weighted by Crippen LogP contribution is 2.20. The van der Waals surface area contributed by atoms with Crippen LogP contribution in [0.3, 0.4) is 0 Å². The number of piperazine rings is 1. The van der Waals surface area contributed by atoms with Crippen LogP contribution in [-0.2, 0) is 0 Å². The van der Waals surface area contributed by atoms with Crippen LogP contribution in [0.5, 0.6) is 0 Å². The van der Waals surface area contributed by atoms with Crippen LogP contribution >= 0.6 is 0 Å². The fourth-order valence-corrected chi connectivity index (χ4v) is 2.89. The van der Waals surface area contributed by atoms with Gasteiger partial charge in [0.05, 0.1) is 6.20 Å². The second-order valence-corrected chi connectivity index (χ2v) is 6.04. The Hall–Kier alpha value is -3.23. The number of hydrogen-bond donors (Lipinski definition) is 1. The zero-order valence-electron chi connectivity index (χ0n) is 14.3. The van der Waals surface area contributed by atoms with E-state index in [1.165, 1.54) is 12.1 Å². The lowest BCUT2D eigenvalue weighted by molar-refractivity contribution is 0.400. The third-order valence-corrected chi connectivity index (χ3v) is 4.21. The Morgan fingerprint density at radius 1 is 1.08 bits per heavy atom. The molecule has 3 heterocycles. The zero-order valence-corrected chi connectivity index (χ0v) is 14.3. The predicted octanol–water partition coefficient (Wildman–Crippen LogP) is 2.38. The van der Waals surface area contributed by atoms with Crippen LogP contribution in [0.25, 0.3) is 0 Å². The molecule has 0 saturated carbocycles. The molecule has 4 rings (SSSR count). The van der Waals surface area contributed by atoms with Crippen LogP contribution in [-0.4, -0.2) is 46.5 Å². The molecule has 0 amide bonds. The van der Waals surface area contributed by atoms with Crippen molar-refractivity contribution in [2.24, 2.45) is 0 Å². The highest BCUT2D eigenvalue weighted by molar-refractivity contribution is 5.51. The Bertz CT molecular complexity index is 875. The molecule has 1 fully saturated rings. The van der Waals surface area contributed by atoms with Gasteiger partial charge in [0.15, 0.2) is 11.6 Å². The zero-order chi connectivity index (χ0) is 17.9. The molecular formula is C17H18FN7O. The minimum Gasteiger partial charge on any atom is -0.368 e. The maximum Gasteiger partial charge on any atom is 0.250 e. The van der Waals surface area contributed by atoms with E-state index >= 15 is 0 Å². The van der Waals surface area contributed by atoms with Gasteiger partial charge in [0.2, 0.25) is 5.95 Å². The maximum atomic E-state index is 13.1.